The highest BCUT2D eigenvalue weighted by Gasteiger charge is 2.34. The Balaban J connectivity index is 1.84. The summed E-state index contributed by atoms with van der Waals surface area (Å²) >= 11 is 0. The van der Waals surface area contributed by atoms with Gasteiger partial charge >= 0.3 is 18.2 Å². The van der Waals surface area contributed by atoms with E-state index in [1.54, 1.807) is 67.5 Å². The minimum Gasteiger partial charge on any atom is -0.476 e. The average molecular weight is 506 g/mol. The highest BCUT2D eigenvalue weighted by atomic mass is 16.8. The molecule has 0 saturated carbocycles. The number of imide groups is 1. The first-order valence-electron chi connectivity index (χ1n) is 11.3. The van der Waals surface area contributed by atoms with Gasteiger partial charge in [-0.25, -0.2) is 24.4 Å². The smallest absolute Gasteiger partial charge is 0.444 e. The second-order valence-electron chi connectivity index (χ2n) is 10.6. The van der Waals surface area contributed by atoms with Crippen molar-refractivity contribution in [3.05, 3.63) is 23.5 Å². The SMILES string of the molecule is CC(C)(C)OC(=O)N(OCCc1nc2cc3c(cc2nc1C(=O)O)OC(C)(C)O3)C(=O)OC(C)(C)C. The molecule has 1 aliphatic rings. The van der Waals surface area contributed by atoms with Crippen LogP contribution >= 0.6 is 0 Å². The number of carboxylic acid groups (broad SMARTS) is 1. The lowest BCUT2D eigenvalue weighted by molar-refractivity contribution is -0.137. The Bertz CT molecular complexity index is 1170. The van der Waals surface area contributed by atoms with Crippen molar-refractivity contribution in [1.82, 2.24) is 15.0 Å². The number of aromatic carboxylic acids is 1. The predicted octanol–water partition coefficient (Wildman–Crippen LogP) is 4.48. The van der Waals surface area contributed by atoms with Crippen molar-refractivity contribution in [1.29, 1.82) is 0 Å². The first kappa shape index (κ1) is 26.9. The van der Waals surface area contributed by atoms with Crippen LogP contribution in [0.5, 0.6) is 11.5 Å². The maximum atomic E-state index is 12.6. The zero-order chi connectivity index (χ0) is 27.1. The monoisotopic (exact) mass is 505 g/mol. The van der Waals surface area contributed by atoms with Crippen molar-refractivity contribution in [2.24, 2.45) is 0 Å². The topological polar surface area (TPSA) is 147 Å². The molecule has 36 heavy (non-hydrogen) atoms. The van der Waals surface area contributed by atoms with Crippen LogP contribution in [0.2, 0.25) is 0 Å². The van der Waals surface area contributed by atoms with Crippen molar-refractivity contribution < 1.29 is 43.3 Å². The zero-order valence-corrected chi connectivity index (χ0v) is 21.6. The van der Waals surface area contributed by atoms with Gasteiger partial charge in [0.05, 0.1) is 23.3 Å². The number of carboxylic acids is 1. The molecule has 1 aromatic heterocycles. The van der Waals surface area contributed by atoms with Crippen LogP contribution in [0.1, 0.15) is 71.6 Å². The molecule has 2 amide bonds. The molecule has 2 heterocycles. The summed E-state index contributed by atoms with van der Waals surface area (Å²) in [6.45, 7) is 13.0. The number of nitrogens with zero attached hydrogens (tertiary/aromatic N) is 3. The standard InChI is InChI=1S/C24H31N3O9/c1-22(2,3)35-20(30)27(21(31)36-23(4,5)6)32-10-9-13-18(19(28)29)26-15-12-17-16(11-14(15)25-13)33-24(7,8)34-17/h11-12H,9-10H2,1-8H3,(H,28,29). The number of aromatic nitrogens is 2. The van der Waals surface area contributed by atoms with E-state index in [9.17, 15) is 19.5 Å². The summed E-state index contributed by atoms with van der Waals surface area (Å²) in [6, 6.07) is 3.17. The molecule has 0 bridgehead atoms. The first-order valence-corrected chi connectivity index (χ1v) is 11.3. The van der Waals surface area contributed by atoms with Gasteiger partial charge in [0.1, 0.15) is 11.2 Å². The van der Waals surface area contributed by atoms with E-state index in [1.165, 1.54) is 0 Å². The van der Waals surface area contributed by atoms with Gasteiger partial charge in [-0.3, -0.25) is 4.84 Å². The van der Waals surface area contributed by atoms with Crippen LogP contribution in [0.3, 0.4) is 0 Å². The van der Waals surface area contributed by atoms with Gasteiger partial charge in [0.2, 0.25) is 5.79 Å². The van der Waals surface area contributed by atoms with Crippen LogP contribution in [0, 0.1) is 0 Å². The lowest BCUT2D eigenvalue weighted by atomic mass is 10.2. The number of rotatable bonds is 5. The number of hydrogen-bond donors (Lipinski definition) is 1. The van der Waals surface area contributed by atoms with Gasteiger partial charge < -0.3 is 24.1 Å². The summed E-state index contributed by atoms with van der Waals surface area (Å²) in [5, 5.41) is 10.1. The Kier molecular flexibility index (Phi) is 7.04. The summed E-state index contributed by atoms with van der Waals surface area (Å²) in [6.07, 6.45) is -2.24. The lowest BCUT2D eigenvalue weighted by Gasteiger charge is -2.27. The van der Waals surface area contributed by atoms with Gasteiger partial charge in [0, 0.05) is 32.4 Å². The van der Waals surface area contributed by atoms with E-state index in [2.05, 4.69) is 9.97 Å². The Morgan fingerprint density at radius 3 is 1.83 bits per heavy atom. The minimum absolute atomic E-state index is 0.0847. The molecule has 0 unspecified atom stereocenters. The third-order valence-electron chi connectivity index (χ3n) is 4.39. The van der Waals surface area contributed by atoms with Gasteiger partial charge in [-0.2, -0.15) is 0 Å². The largest absolute Gasteiger partial charge is 0.476 e. The van der Waals surface area contributed by atoms with Crippen molar-refractivity contribution >= 4 is 29.2 Å². The fourth-order valence-corrected chi connectivity index (χ4v) is 3.18. The number of benzene rings is 1. The molecule has 0 saturated heterocycles. The predicted molar refractivity (Wildman–Crippen MR) is 126 cm³/mol. The van der Waals surface area contributed by atoms with Crippen molar-refractivity contribution in [3.8, 4) is 11.5 Å². The zero-order valence-electron chi connectivity index (χ0n) is 21.6. The number of carbonyl (C=O) groups excluding carboxylic acids is 2. The molecule has 0 radical (unpaired) electrons. The summed E-state index contributed by atoms with van der Waals surface area (Å²) < 4.78 is 21.9. The Morgan fingerprint density at radius 1 is 0.917 bits per heavy atom. The van der Waals surface area contributed by atoms with E-state index in [1.807, 2.05) is 0 Å². The van der Waals surface area contributed by atoms with Crippen molar-refractivity contribution in [3.63, 3.8) is 0 Å². The lowest BCUT2D eigenvalue weighted by Crippen LogP contribution is -2.43. The number of hydrogen-bond acceptors (Lipinski definition) is 10. The second kappa shape index (κ2) is 9.41. The summed E-state index contributed by atoms with van der Waals surface area (Å²) in [5.74, 6) is -1.29. The van der Waals surface area contributed by atoms with Gasteiger partial charge in [-0.05, 0) is 41.5 Å². The molecule has 0 atom stereocenters. The van der Waals surface area contributed by atoms with Gasteiger partial charge in [-0.1, -0.05) is 5.06 Å². The average Bonchev–Trinajstić information content (AvgIpc) is 2.98. The Hall–Kier alpha value is -3.67. The molecule has 2 aromatic rings. The van der Waals surface area contributed by atoms with Crippen LogP contribution in [-0.4, -0.2) is 61.9 Å². The highest BCUT2D eigenvalue weighted by molar-refractivity contribution is 5.90. The molecule has 3 rings (SSSR count). The van der Waals surface area contributed by atoms with E-state index in [0.717, 1.165) is 0 Å². The summed E-state index contributed by atoms with van der Waals surface area (Å²) in [7, 11) is 0. The number of amides is 2. The maximum Gasteiger partial charge on any atom is 0.444 e. The van der Waals surface area contributed by atoms with Crippen LogP contribution in [-0.2, 0) is 20.7 Å². The molecule has 0 aliphatic carbocycles. The molecular formula is C24H31N3O9. The summed E-state index contributed by atoms with van der Waals surface area (Å²) in [5.41, 5.74) is -1.33. The molecule has 12 heteroatoms. The Morgan fingerprint density at radius 2 is 1.39 bits per heavy atom. The molecule has 12 nitrogen and oxygen atoms in total. The minimum atomic E-state index is -1.30. The molecule has 1 aromatic carbocycles. The molecule has 1 N–H and O–H groups in total. The number of ether oxygens (including phenoxy) is 4. The third kappa shape index (κ3) is 6.72. The van der Waals surface area contributed by atoms with Crippen LogP contribution in [0.15, 0.2) is 12.1 Å². The summed E-state index contributed by atoms with van der Waals surface area (Å²) in [4.78, 5) is 51.0. The number of hydroxylamine groups is 2. The van der Waals surface area contributed by atoms with E-state index >= 15 is 0 Å². The molecule has 1 aliphatic heterocycles. The highest BCUT2D eigenvalue weighted by Crippen LogP contribution is 2.41. The van der Waals surface area contributed by atoms with Gasteiger partial charge in [0.25, 0.3) is 0 Å². The van der Waals surface area contributed by atoms with Crippen LogP contribution in [0.25, 0.3) is 11.0 Å². The maximum absolute atomic E-state index is 12.6. The number of carbonyl (C=O) groups is 3. The van der Waals surface area contributed by atoms with E-state index < -0.39 is 35.1 Å². The van der Waals surface area contributed by atoms with Crippen molar-refractivity contribution in [2.75, 3.05) is 6.61 Å². The first-order chi connectivity index (χ1) is 16.4. The van der Waals surface area contributed by atoms with E-state index in [4.69, 9.17) is 23.8 Å². The van der Waals surface area contributed by atoms with Crippen molar-refractivity contribution in [2.45, 2.75) is 78.8 Å². The normalized spacial score (nSPS) is 14.4. The molecule has 0 fully saturated rings. The van der Waals surface area contributed by atoms with Crippen LogP contribution in [0.4, 0.5) is 9.59 Å². The van der Waals surface area contributed by atoms with Crippen LogP contribution < -0.4 is 9.47 Å². The molecular weight excluding hydrogens is 474 g/mol. The fourth-order valence-electron chi connectivity index (χ4n) is 3.18. The fraction of sp³-hybridized carbons (Fsp3) is 0.542. The molecule has 0 spiro atoms. The quantitative estimate of drug-likeness (QED) is 0.574. The number of fused-ring (bicyclic) bond motifs is 2. The van der Waals surface area contributed by atoms with Gasteiger partial charge in [0.15, 0.2) is 17.2 Å². The van der Waals surface area contributed by atoms with Gasteiger partial charge in [-0.15, -0.1) is 0 Å². The molecule has 196 valence electrons. The second-order valence-corrected chi connectivity index (χ2v) is 10.6. The van der Waals surface area contributed by atoms with E-state index in [-0.39, 0.29) is 24.4 Å². The third-order valence-corrected chi connectivity index (χ3v) is 4.39. The van der Waals surface area contributed by atoms with E-state index in [0.29, 0.717) is 27.6 Å². The Labute approximate surface area is 208 Å².